The second kappa shape index (κ2) is 7.06. The van der Waals surface area contributed by atoms with Crippen molar-refractivity contribution in [3.8, 4) is 0 Å². The van der Waals surface area contributed by atoms with Gasteiger partial charge >= 0.3 is 0 Å². The molecule has 0 spiro atoms. The molecule has 0 saturated carbocycles. The summed E-state index contributed by atoms with van der Waals surface area (Å²) in [5.74, 6) is 1.01. The minimum atomic E-state index is 0.0856. The molecule has 7 nitrogen and oxygen atoms in total. The smallest absolute Gasteiger partial charge is 0.223 e. The molecule has 1 fully saturated rings. The fourth-order valence-corrected chi connectivity index (χ4v) is 3.37. The number of benzene rings is 1. The van der Waals surface area contributed by atoms with Crippen molar-refractivity contribution in [1.82, 2.24) is 30.2 Å². The number of hydrogen-bond acceptors (Lipinski definition) is 4. The van der Waals surface area contributed by atoms with Crippen LogP contribution in [0.1, 0.15) is 24.4 Å². The Balaban J connectivity index is 1.26. The maximum absolute atomic E-state index is 12.4. The van der Waals surface area contributed by atoms with Crippen LogP contribution >= 0.6 is 0 Å². The summed E-state index contributed by atoms with van der Waals surface area (Å²) in [7, 11) is 0. The second-order valence-electron chi connectivity index (χ2n) is 6.55. The van der Waals surface area contributed by atoms with Crippen LogP contribution in [0.4, 0.5) is 0 Å². The summed E-state index contributed by atoms with van der Waals surface area (Å²) in [5.41, 5.74) is 3.05. The molecule has 3 heterocycles. The third-order valence-corrected chi connectivity index (χ3v) is 4.78. The van der Waals surface area contributed by atoms with Crippen LogP contribution in [0.5, 0.6) is 0 Å². The average Bonchev–Trinajstić information content (AvgIpc) is 3.29. The zero-order chi connectivity index (χ0) is 17.1. The molecule has 0 radical (unpaired) electrons. The lowest BCUT2D eigenvalue weighted by molar-refractivity contribution is -0.126. The van der Waals surface area contributed by atoms with Crippen molar-refractivity contribution in [1.29, 1.82) is 0 Å². The number of carbonyl (C=O) groups excluding carboxylic acids is 1. The Morgan fingerprint density at radius 2 is 2.12 bits per heavy atom. The van der Waals surface area contributed by atoms with Gasteiger partial charge in [-0.05, 0) is 38.1 Å². The lowest BCUT2D eigenvalue weighted by Crippen LogP contribution is -2.40. The number of nitrogens with one attached hydrogen (secondary N) is 3. The first-order chi connectivity index (χ1) is 12.3. The Morgan fingerprint density at radius 1 is 1.28 bits per heavy atom. The fourth-order valence-electron chi connectivity index (χ4n) is 3.37. The topological polar surface area (TPSA) is 89.7 Å². The van der Waals surface area contributed by atoms with Crippen LogP contribution in [0, 0.1) is 5.92 Å². The second-order valence-corrected chi connectivity index (χ2v) is 6.55. The predicted molar refractivity (Wildman–Crippen MR) is 94.5 cm³/mol. The Kier molecular flexibility index (Phi) is 4.47. The number of carbonyl (C=O) groups is 1. The van der Waals surface area contributed by atoms with Crippen molar-refractivity contribution >= 4 is 16.9 Å². The Labute approximate surface area is 145 Å². The molecule has 3 aromatic rings. The summed E-state index contributed by atoms with van der Waals surface area (Å²) < 4.78 is 0. The van der Waals surface area contributed by atoms with Crippen LogP contribution in [0.25, 0.3) is 11.0 Å². The number of nitrogens with zero attached hydrogens (tertiary/aromatic N) is 3. The molecule has 1 aliphatic heterocycles. The lowest BCUT2D eigenvalue weighted by Gasteiger charge is -2.30. The third-order valence-electron chi connectivity index (χ3n) is 4.78. The SMILES string of the molecule is O=C(NCc1nc2ccccc2[nH]1)C1CCN(Cc2cnc[nH]2)CC1. The van der Waals surface area contributed by atoms with E-state index in [0.29, 0.717) is 6.54 Å². The molecule has 25 heavy (non-hydrogen) atoms. The summed E-state index contributed by atoms with van der Waals surface area (Å²) in [5, 5.41) is 3.02. The molecule has 4 rings (SSSR count). The van der Waals surface area contributed by atoms with E-state index in [2.05, 4.69) is 30.2 Å². The van der Waals surface area contributed by atoms with Gasteiger partial charge in [0, 0.05) is 24.4 Å². The summed E-state index contributed by atoms with van der Waals surface area (Å²) in [6.07, 6.45) is 5.33. The Bertz CT molecular complexity index is 799. The number of H-pyrrole nitrogens is 2. The van der Waals surface area contributed by atoms with Gasteiger partial charge in [0.25, 0.3) is 0 Å². The van der Waals surface area contributed by atoms with E-state index >= 15 is 0 Å². The summed E-state index contributed by atoms with van der Waals surface area (Å²) in [6.45, 7) is 3.18. The first-order valence-corrected chi connectivity index (χ1v) is 8.69. The van der Waals surface area contributed by atoms with Gasteiger partial charge in [0.15, 0.2) is 0 Å². The van der Waals surface area contributed by atoms with E-state index in [0.717, 1.165) is 55.0 Å². The number of hydrogen-bond donors (Lipinski definition) is 3. The van der Waals surface area contributed by atoms with Gasteiger partial charge in [-0.25, -0.2) is 9.97 Å². The van der Waals surface area contributed by atoms with Crippen LogP contribution in [0.3, 0.4) is 0 Å². The normalized spacial score (nSPS) is 16.3. The quantitative estimate of drug-likeness (QED) is 0.662. The van der Waals surface area contributed by atoms with Crippen LogP contribution in [0.2, 0.25) is 0 Å². The fraction of sp³-hybridized carbons (Fsp3) is 0.389. The highest BCUT2D eigenvalue weighted by atomic mass is 16.1. The molecule has 0 bridgehead atoms. The largest absolute Gasteiger partial charge is 0.349 e. The number of amides is 1. The van der Waals surface area contributed by atoms with Crippen molar-refractivity contribution in [2.45, 2.75) is 25.9 Å². The molecule has 3 N–H and O–H groups in total. The van der Waals surface area contributed by atoms with Crippen LogP contribution < -0.4 is 5.32 Å². The molecule has 2 aromatic heterocycles. The molecular weight excluding hydrogens is 316 g/mol. The molecule has 1 saturated heterocycles. The molecule has 130 valence electrons. The van der Waals surface area contributed by atoms with Gasteiger partial charge in [0.1, 0.15) is 5.82 Å². The van der Waals surface area contributed by atoms with Crippen LogP contribution in [-0.2, 0) is 17.9 Å². The van der Waals surface area contributed by atoms with Crippen molar-refractivity contribution in [3.63, 3.8) is 0 Å². The van der Waals surface area contributed by atoms with E-state index in [-0.39, 0.29) is 11.8 Å². The maximum atomic E-state index is 12.4. The number of piperidine rings is 1. The van der Waals surface area contributed by atoms with Gasteiger partial charge in [-0.2, -0.15) is 0 Å². The number of aromatic amines is 2. The van der Waals surface area contributed by atoms with Gasteiger partial charge < -0.3 is 15.3 Å². The van der Waals surface area contributed by atoms with E-state index in [1.54, 1.807) is 6.33 Å². The third kappa shape index (κ3) is 3.71. The van der Waals surface area contributed by atoms with Crippen molar-refractivity contribution in [3.05, 3.63) is 48.3 Å². The monoisotopic (exact) mass is 338 g/mol. The number of fused-ring (bicyclic) bond motifs is 1. The van der Waals surface area contributed by atoms with E-state index < -0.39 is 0 Å². The van der Waals surface area contributed by atoms with E-state index in [1.165, 1.54) is 0 Å². The number of imidazole rings is 2. The molecule has 7 heteroatoms. The molecule has 1 amide bonds. The van der Waals surface area contributed by atoms with Gasteiger partial charge in [-0.1, -0.05) is 12.1 Å². The van der Waals surface area contributed by atoms with Gasteiger partial charge in [-0.15, -0.1) is 0 Å². The predicted octanol–water partition coefficient (Wildman–Crippen LogP) is 1.81. The van der Waals surface area contributed by atoms with Gasteiger partial charge in [0.2, 0.25) is 5.91 Å². The van der Waals surface area contributed by atoms with E-state index in [9.17, 15) is 4.79 Å². The van der Waals surface area contributed by atoms with E-state index in [1.807, 2.05) is 30.5 Å². The zero-order valence-corrected chi connectivity index (χ0v) is 14.0. The number of aromatic nitrogens is 4. The molecule has 0 aliphatic carbocycles. The molecule has 1 aromatic carbocycles. The minimum absolute atomic E-state index is 0.0856. The minimum Gasteiger partial charge on any atom is -0.349 e. The summed E-state index contributed by atoms with van der Waals surface area (Å²) >= 11 is 0. The number of rotatable bonds is 5. The highest BCUT2D eigenvalue weighted by Gasteiger charge is 2.25. The van der Waals surface area contributed by atoms with Gasteiger partial charge in [-0.3, -0.25) is 9.69 Å². The summed E-state index contributed by atoms with van der Waals surface area (Å²) in [4.78, 5) is 29.7. The molecule has 0 atom stereocenters. The van der Waals surface area contributed by atoms with Crippen molar-refractivity contribution in [2.75, 3.05) is 13.1 Å². The van der Waals surface area contributed by atoms with Gasteiger partial charge in [0.05, 0.1) is 23.9 Å². The molecule has 0 unspecified atom stereocenters. The van der Waals surface area contributed by atoms with Crippen molar-refractivity contribution < 1.29 is 4.79 Å². The maximum Gasteiger partial charge on any atom is 0.223 e. The number of para-hydroxylation sites is 2. The highest BCUT2D eigenvalue weighted by Crippen LogP contribution is 2.19. The first kappa shape index (κ1) is 15.8. The van der Waals surface area contributed by atoms with Crippen molar-refractivity contribution in [2.24, 2.45) is 5.92 Å². The Hall–Kier alpha value is -2.67. The highest BCUT2D eigenvalue weighted by molar-refractivity contribution is 5.79. The van der Waals surface area contributed by atoms with Crippen LogP contribution in [-0.4, -0.2) is 43.8 Å². The number of likely N-dealkylation sites (tertiary alicyclic amines) is 1. The van der Waals surface area contributed by atoms with E-state index in [4.69, 9.17) is 0 Å². The summed E-state index contributed by atoms with van der Waals surface area (Å²) in [6, 6.07) is 7.89. The zero-order valence-electron chi connectivity index (χ0n) is 14.0. The average molecular weight is 338 g/mol. The first-order valence-electron chi connectivity index (χ1n) is 8.69. The Morgan fingerprint density at radius 3 is 2.88 bits per heavy atom. The molecule has 1 aliphatic rings. The standard InChI is InChI=1S/C18H22N6O/c25-18(20-10-17-22-15-3-1-2-4-16(15)23-17)13-5-7-24(8-6-13)11-14-9-19-12-21-14/h1-4,9,12-13H,5-8,10-11H2,(H,19,21)(H,20,25)(H,22,23). The van der Waals surface area contributed by atoms with Crippen LogP contribution in [0.15, 0.2) is 36.8 Å². The lowest BCUT2D eigenvalue weighted by atomic mass is 9.96. The molecular formula is C18H22N6O.